The molecule has 94 valence electrons. The van der Waals surface area contributed by atoms with E-state index in [9.17, 15) is 9.59 Å². The molecule has 0 aliphatic carbocycles. The van der Waals surface area contributed by atoms with Gasteiger partial charge in [0.1, 0.15) is 0 Å². The molecule has 5 heteroatoms. The average Bonchev–Trinajstić information content (AvgIpc) is 2.27. The number of nitrogens with two attached hydrogens (primary N) is 1. The predicted octanol–water partition coefficient (Wildman–Crippen LogP) is 1.41. The van der Waals surface area contributed by atoms with Gasteiger partial charge in [-0.25, -0.2) is 0 Å². The Hall–Kier alpha value is -0.610. The Morgan fingerprint density at radius 2 is 2.00 bits per heavy atom. The fourth-order valence-corrected chi connectivity index (χ4v) is 1.63. The van der Waals surface area contributed by atoms with Crippen LogP contribution in [0.4, 0.5) is 0 Å². The SMILES string of the molecule is CCC[C@@H](CCl)CC(=O)NC(=O)[C@@H](N)CC. The zero-order valence-corrected chi connectivity index (χ0v) is 10.7. The van der Waals surface area contributed by atoms with Crippen LogP contribution in [0.2, 0.25) is 0 Å². The van der Waals surface area contributed by atoms with Crippen LogP contribution >= 0.6 is 11.6 Å². The largest absolute Gasteiger partial charge is 0.320 e. The monoisotopic (exact) mass is 248 g/mol. The van der Waals surface area contributed by atoms with Crippen LogP contribution in [0.5, 0.6) is 0 Å². The topological polar surface area (TPSA) is 72.2 Å². The maximum Gasteiger partial charge on any atom is 0.243 e. The van der Waals surface area contributed by atoms with E-state index >= 15 is 0 Å². The summed E-state index contributed by atoms with van der Waals surface area (Å²) in [5.74, 6) is -0.113. The maximum absolute atomic E-state index is 11.5. The minimum Gasteiger partial charge on any atom is -0.320 e. The highest BCUT2D eigenvalue weighted by Gasteiger charge is 2.17. The van der Waals surface area contributed by atoms with Gasteiger partial charge in [-0.2, -0.15) is 0 Å². The van der Waals surface area contributed by atoms with Crippen molar-refractivity contribution >= 4 is 23.4 Å². The molecule has 0 saturated carbocycles. The highest BCUT2D eigenvalue weighted by molar-refractivity contribution is 6.18. The molecule has 2 amide bonds. The first-order valence-electron chi connectivity index (χ1n) is 5.70. The Morgan fingerprint density at radius 3 is 2.44 bits per heavy atom. The molecule has 0 spiro atoms. The predicted molar refractivity (Wildman–Crippen MR) is 65.2 cm³/mol. The lowest BCUT2D eigenvalue weighted by Crippen LogP contribution is -2.43. The van der Waals surface area contributed by atoms with Gasteiger partial charge >= 0.3 is 0 Å². The first kappa shape index (κ1) is 15.4. The van der Waals surface area contributed by atoms with E-state index in [0.717, 1.165) is 12.8 Å². The van der Waals surface area contributed by atoms with Crippen molar-refractivity contribution in [3.05, 3.63) is 0 Å². The van der Waals surface area contributed by atoms with E-state index in [1.165, 1.54) is 0 Å². The molecule has 0 heterocycles. The zero-order valence-electron chi connectivity index (χ0n) is 9.96. The number of halogens is 1. The molecule has 3 N–H and O–H groups in total. The van der Waals surface area contributed by atoms with Gasteiger partial charge in [0.2, 0.25) is 11.8 Å². The smallest absolute Gasteiger partial charge is 0.243 e. The van der Waals surface area contributed by atoms with Crippen molar-refractivity contribution in [1.29, 1.82) is 0 Å². The van der Waals surface area contributed by atoms with Gasteiger partial charge in [-0.15, -0.1) is 11.6 Å². The van der Waals surface area contributed by atoms with E-state index in [2.05, 4.69) is 5.32 Å². The van der Waals surface area contributed by atoms with E-state index in [0.29, 0.717) is 18.7 Å². The molecule has 2 atom stereocenters. The van der Waals surface area contributed by atoms with Crippen LogP contribution < -0.4 is 11.1 Å². The van der Waals surface area contributed by atoms with Crippen LogP contribution in [0, 0.1) is 5.92 Å². The molecule has 16 heavy (non-hydrogen) atoms. The van der Waals surface area contributed by atoms with Crippen LogP contribution in [-0.2, 0) is 9.59 Å². The summed E-state index contributed by atoms with van der Waals surface area (Å²) in [5.41, 5.74) is 5.50. The third-order valence-corrected chi connectivity index (χ3v) is 2.86. The highest BCUT2D eigenvalue weighted by atomic mass is 35.5. The van der Waals surface area contributed by atoms with Gasteiger partial charge < -0.3 is 5.73 Å². The standard InChI is InChI=1S/C11H21ClN2O2/c1-3-5-8(7-12)6-10(15)14-11(16)9(13)4-2/h8-9H,3-7,13H2,1-2H3,(H,14,15,16)/t8-,9+/m1/s1. The number of amides is 2. The number of rotatable bonds is 7. The van der Waals surface area contributed by atoms with E-state index in [-0.39, 0.29) is 11.8 Å². The molecule has 0 rings (SSSR count). The second kappa shape index (κ2) is 8.53. The summed E-state index contributed by atoms with van der Waals surface area (Å²) < 4.78 is 0. The number of carbonyl (C=O) groups excluding carboxylic acids is 2. The molecule has 0 bridgehead atoms. The number of alkyl halides is 1. The highest BCUT2D eigenvalue weighted by Crippen LogP contribution is 2.12. The Morgan fingerprint density at radius 1 is 1.38 bits per heavy atom. The first-order chi connectivity index (χ1) is 7.54. The van der Waals surface area contributed by atoms with E-state index < -0.39 is 11.9 Å². The van der Waals surface area contributed by atoms with Gasteiger partial charge in [-0.1, -0.05) is 20.3 Å². The van der Waals surface area contributed by atoms with Crippen molar-refractivity contribution < 1.29 is 9.59 Å². The summed E-state index contributed by atoms with van der Waals surface area (Å²) in [4.78, 5) is 22.8. The molecule has 0 saturated heterocycles. The molecular formula is C11H21ClN2O2. The minimum absolute atomic E-state index is 0.136. The van der Waals surface area contributed by atoms with Crippen molar-refractivity contribution in [3.8, 4) is 0 Å². The van der Waals surface area contributed by atoms with Crippen molar-refractivity contribution in [2.45, 2.75) is 45.6 Å². The average molecular weight is 249 g/mol. The van der Waals surface area contributed by atoms with Gasteiger partial charge in [0, 0.05) is 12.3 Å². The van der Waals surface area contributed by atoms with Crippen LogP contribution in [0.1, 0.15) is 39.5 Å². The normalized spacial score (nSPS) is 14.2. The fourth-order valence-electron chi connectivity index (χ4n) is 1.37. The maximum atomic E-state index is 11.5. The molecule has 0 aromatic carbocycles. The Balaban J connectivity index is 4.01. The van der Waals surface area contributed by atoms with Gasteiger partial charge in [0.05, 0.1) is 6.04 Å². The Kier molecular flexibility index (Phi) is 8.21. The second-order valence-electron chi connectivity index (χ2n) is 3.94. The molecule has 0 unspecified atom stereocenters. The van der Waals surface area contributed by atoms with Gasteiger partial charge in [0.25, 0.3) is 0 Å². The van der Waals surface area contributed by atoms with E-state index in [1.807, 2.05) is 6.92 Å². The lowest BCUT2D eigenvalue weighted by Gasteiger charge is -2.13. The molecule has 0 fully saturated rings. The van der Waals surface area contributed by atoms with Gasteiger partial charge in [-0.05, 0) is 18.8 Å². The van der Waals surface area contributed by atoms with Crippen LogP contribution in [0.25, 0.3) is 0 Å². The van der Waals surface area contributed by atoms with Crippen LogP contribution in [0.15, 0.2) is 0 Å². The summed E-state index contributed by atoms with van der Waals surface area (Å²) in [6.07, 6.45) is 2.69. The molecule has 0 aliphatic heterocycles. The first-order valence-corrected chi connectivity index (χ1v) is 6.23. The second-order valence-corrected chi connectivity index (χ2v) is 4.25. The van der Waals surface area contributed by atoms with Crippen molar-refractivity contribution in [3.63, 3.8) is 0 Å². The summed E-state index contributed by atoms with van der Waals surface area (Å²) in [6, 6.07) is -0.607. The lowest BCUT2D eigenvalue weighted by molar-refractivity contribution is -0.131. The number of hydrogen-bond acceptors (Lipinski definition) is 3. The summed E-state index contributed by atoms with van der Waals surface area (Å²) in [6.45, 7) is 3.84. The van der Waals surface area contributed by atoms with Crippen molar-refractivity contribution in [2.24, 2.45) is 11.7 Å². The number of nitrogens with one attached hydrogen (secondary N) is 1. The number of hydrogen-bond donors (Lipinski definition) is 2. The van der Waals surface area contributed by atoms with Gasteiger partial charge in [0.15, 0.2) is 0 Å². The van der Waals surface area contributed by atoms with Crippen LogP contribution in [0.3, 0.4) is 0 Å². The third-order valence-electron chi connectivity index (χ3n) is 2.43. The van der Waals surface area contributed by atoms with Crippen molar-refractivity contribution in [2.75, 3.05) is 5.88 Å². The molecule has 0 radical (unpaired) electrons. The van der Waals surface area contributed by atoms with Gasteiger partial charge in [-0.3, -0.25) is 14.9 Å². The summed E-state index contributed by atoms with van der Waals surface area (Å²) in [7, 11) is 0. The van der Waals surface area contributed by atoms with E-state index in [1.54, 1.807) is 6.92 Å². The molecule has 0 aromatic heterocycles. The number of imide groups is 1. The number of carbonyl (C=O) groups is 2. The third kappa shape index (κ3) is 6.08. The molecule has 4 nitrogen and oxygen atoms in total. The summed E-state index contributed by atoms with van der Waals surface area (Å²) in [5, 5.41) is 2.29. The quantitative estimate of drug-likeness (QED) is 0.669. The van der Waals surface area contributed by atoms with Crippen molar-refractivity contribution in [1.82, 2.24) is 5.32 Å². The lowest BCUT2D eigenvalue weighted by atomic mass is 10.0. The zero-order chi connectivity index (χ0) is 12.6. The fraction of sp³-hybridized carbons (Fsp3) is 0.818. The minimum atomic E-state index is -0.607. The summed E-state index contributed by atoms with van der Waals surface area (Å²) >= 11 is 5.73. The molecule has 0 aromatic rings. The van der Waals surface area contributed by atoms with Crippen LogP contribution in [-0.4, -0.2) is 23.7 Å². The Labute approximate surface area is 102 Å². The van der Waals surface area contributed by atoms with E-state index in [4.69, 9.17) is 17.3 Å². The molecular weight excluding hydrogens is 228 g/mol. The molecule has 0 aliphatic rings. The Bertz CT molecular complexity index is 234.